The van der Waals surface area contributed by atoms with Crippen molar-refractivity contribution < 1.29 is 4.74 Å². The maximum atomic E-state index is 6.66. The fraction of sp³-hybridized carbons (Fsp3) is 0.438. The molecule has 0 bridgehead atoms. The molecule has 5 heteroatoms. The number of halogens is 1. The minimum Gasteiger partial charge on any atom is -0.356 e. The van der Waals surface area contributed by atoms with Crippen molar-refractivity contribution in [3.63, 3.8) is 0 Å². The van der Waals surface area contributed by atoms with E-state index in [1.807, 2.05) is 10.9 Å². The number of fused-ring (bicyclic) bond motifs is 2. The molecular formula is C16H17ClN2OS. The topological polar surface area (TPSA) is 27.1 Å². The standard InChI is InChI=1S/C16H17ClN2OS/c1-2-10-9-21-13-7-12-11(16(17)15(10)13)8-18-19(12)14-5-3-4-6-20-14/h7-9,14H,2-6H2,1H3. The smallest absolute Gasteiger partial charge is 0.150 e. The summed E-state index contributed by atoms with van der Waals surface area (Å²) in [6, 6.07) is 2.21. The van der Waals surface area contributed by atoms with Gasteiger partial charge in [-0.05, 0) is 42.7 Å². The van der Waals surface area contributed by atoms with E-state index in [1.165, 1.54) is 22.1 Å². The van der Waals surface area contributed by atoms with Crippen molar-refractivity contribution >= 4 is 43.9 Å². The van der Waals surface area contributed by atoms with Gasteiger partial charge in [0.2, 0.25) is 0 Å². The zero-order valence-electron chi connectivity index (χ0n) is 11.9. The fourth-order valence-corrected chi connectivity index (χ4v) is 4.62. The summed E-state index contributed by atoms with van der Waals surface area (Å²) in [4.78, 5) is 0. The summed E-state index contributed by atoms with van der Waals surface area (Å²) in [7, 11) is 0. The van der Waals surface area contributed by atoms with Gasteiger partial charge in [-0.25, -0.2) is 4.68 Å². The zero-order valence-corrected chi connectivity index (χ0v) is 13.5. The van der Waals surface area contributed by atoms with Crippen molar-refractivity contribution in [2.45, 2.75) is 38.8 Å². The Morgan fingerprint density at radius 1 is 1.48 bits per heavy atom. The maximum absolute atomic E-state index is 6.66. The molecule has 1 aromatic carbocycles. The zero-order chi connectivity index (χ0) is 14.4. The van der Waals surface area contributed by atoms with Crippen molar-refractivity contribution in [1.82, 2.24) is 9.78 Å². The van der Waals surface area contributed by atoms with Crippen LogP contribution in [0.5, 0.6) is 0 Å². The Balaban J connectivity index is 1.93. The molecule has 1 fully saturated rings. The lowest BCUT2D eigenvalue weighted by Crippen LogP contribution is -2.18. The lowest BCUT2D eigenvalue weighted by Gasteiger charge is -2.23. The van der Waals surface area contributed by atoms with Crippen LogP contribution in [-0.2, 0) is 11.2 Å². The molecule has 0 aliphatic carbocycles. The Morgan fingerprint density at radius 3 is 3.14 bits per heavy atom. The normalized spacial score (nSPS) is 19.6. The van der Waals surface area contributed by atoms with Crippen LogP contribution >= 0.6 is 22.9 Å². The van der Waals surface area contributed by atoms with E-state index in [9.17, 15) is 0 Å². The van der Waals surface area contributed by atoms with Gasteiger partial charge in [-0.2, -0.15) is 5.10 Å². The molecule has 1 atom stereocenters. The summed E-state index contributed by atoms with van der Waals surface area (Å²) in [6.45, 7) is 2.99. The molecule has 1 aliphatic rings. The molecule has 1 aliphatic heterocycles. The Bertz CT molecular complexity index is 801. The van der Waals surface area contributed by atoms with E-state index in [-0.39, 0.29) is 6.23 Å². The molecule has 1 saturated heterocycles. The van der Waals surface area contributed by atoms with E-state index < -0.39 is 0 Å². The molecule has 110 valence electrons. The highest BCUT2D eigenvalue weighted by Gasteiger charge is 2.21. The molecule has 0 radical (unpaired) electrons. The van der Waals surface area contributed by atoms with Crippen LogP contribution in [-0.4, -0.2) is 16.4 Å². The van der Waals surface area contributed by atoms with Crippen LogP contribution in [0, 0.1) is 0 Å². The van der Waals surface area contributed by atoms with Crippen LogP contribution in [0.25, 0.3) is 21.0 Å². The van der Waals surface area contributed by atoms with Crippen LogP contribution in [0.4, 0.5) is 0 Å². The second-order valence-corrected chi connectivity index (χ2v) is 6.81. The first-order valence-electron chi connectivity index (χ1n) is 7.47. The Morgan fingerprint density at radius 2 is 2.38 bits per heavy atom. The average molecular weight is 321 g/mol. The highest BCUT2D eigenvalue weighted by molar-refractivity contribution is 7.17. The lowest BCUT2D eigenvalue weighted by molar-refractivity contribution is -0.0366. The molecule has 0 amide bonds. The SMILES string of the molecule is CCc1csc2cc3c(cnn3C3CCCCO3)c(Cl)c12. The number of rotatable bonds is 2. The molecule has 1 unspecified atom stereocenters. The first kappa shape index (κ1) is 13.6. The molecule has 3 heterocycles. The second-order valence-electron chi connectivity index (χ2n) is 5.52. The highest BCUT2D eigenvalue weighted by atomic mass is 35.5. The third-order valence-electron chi connectivity index (χ3n) is 4.26. The monoisotopic (exact) mass is 320 g/mol. The number of benzene rings is 1. The lowest BCUT2D eigenvalue weighted by atomic mass is 10.1. The first-order chi connectivity index (χ1) is 10.3. The van der Waals surface area contributed by atoms with Crippen LogP contribution in [0.3, 0.4) is 0 Å². The molecule has 0 saturated carbocycles. The molecule has 3 aromatic rings. The number of thiophene rings is 1. The number of hydrogen-bond acceptors (Lipinski definition) is 3. The molecule has 3 nitrogen and oxygen atoms in total. The van der Waals surface area contributed by atoms with Gasteiger partial charge in [-0.3, -0.25) is 0 Å². The second kappa shape index (κ2) is 5.27. The van der Waals surface area contributed by atoms with Gasteiger partial charge in [-0.1, -0.05) is 18.5 Å². The van der Waals surface area contributed by atoms with E-state index in [4.69, 9.17) is 16.3 Å². The Labute approximate surface area is 132 Å². The molecule has 0 N–H and O–H groups in total. The van der Waals surface area contributed by atoms with Crippen molar-refractivity contribution in [3.8, 4) is 0 Å². The van der Waals surface area contributed by atoms with E-state index in [2.05, 4.69) is 23.5 Å². The molecule has 2 aromatic heterocycles. The number of ether oxygens (including phenoxy) is 1. The van der Waals surface area contributed by atoms with Crippen LogP contribution < -0.4 is 0 Å². The minimum atomic E-state index is 0.0513. The fourth-order valence-electron chi connectivity index (χ4n) is 3.12. The van der Waals surface area contributed by atoms with Crippen LogP contribution in [0.15, 0.2) is 17.6 Å². The molecule has 4 rings (SSSR count). The summed E-state index contributed by atoms with van der Waals surface area (Å²) in [5, 5.41) is 9.83. The molecular weight excluding hydrogens is 304 g/mol. The van der Waals surface area contributed by atoms with Crippen molar-refractivity contribution in [2.24, 2.45) is 0 Å². The summed E-state index contributed by atoms with van der Waals surface area (Å²) in [5.41, 5.74) is 2.41. The first-order valence-corrected chi connectivity index (χ1v) is 8.72. The van der Waals surface area contributed by atoms with Crippen molar-refractivity contribution in [2.75, 3.05) is 6.61 Å². The van der Waals surface area contributed by atoms with Gasteiger partial charge in [0.05, 0.1) is 16.7 Å². The third kappa shape index (κ3) is 2.08. The quantitative estimate of drug-likeness (QED) is 0.651. The van der Waals surface area contributed by atoms with Gasteiger partial charge in [0.15, 0.2) is 6.23 Å². The minimum absolute atomic E-state index is 0.0513. The number of aryl methyl sites for hydroxylation is 1. The summed E-state index contributed by atoms with van der Waals surface area (Å²) >= 11 is 8.42. The van der Waals surface area contributed by atoms with Crippen molar-refractivity contribution in [1.29, 1.82) is 0 Å². The van der Waals surface area contributed by atoms with Gasteiger partial charge in [-0.15, -0.1) is 11.3 Å². The largest absolute Gasteiger partial charge is 0.356 e. The Kier molecular flexibility index (Phi) is 3.40. The Hall–Kier alpha value is -1.10. The van der Waals surface area contributed by atoms with Crippen LogP contribution in [0.2, 0.25) is 5.02 Å². The predicted molar refractivity (Wildman–Crippen MR) is 88.3 cm³/mol. The van der Waals surface area contributed by atoms with E-state index in [0.29, 0.717) is 0 Å². The number of hydrogen-bond donors (Lipinski definition) is 0. The van der Waals surface area contributed by atoms with Gasteiger partial charge < -0.3 is 4.74 Å². The summed E-state index contributed by atoms with van der Waals surface area (Å²) in [6.07, 6.45) is 6.30. The summed E-state index contributed by atoms with van der Waals surface area (Å²) in [5.74, 6) is 0. The number of aromatic nitrogens is 2. The van der Waals surface area contributed by atoms with E-state index in [1.54, 1.807) is 11.3 Å². The van der Waals surface area contributed by atoms with E-state index >= 15 is 0 Å². The van der Waals surface area contributed by atoms with Crippen LogP contribution in [0.1, 0.15) is 38.0 Å². The summed E-state index contributed by atoms with van der Waals surface area (Å²) < 4.78 is 9.11. The predicted octanol–water partition coefficient (Wildman–Crippen LogP) is 5.17. The van der Waals surface area contributed by atoms with E-state index in [0.717, 1.165) is 41.8 Å². The number of nitrogens with zero attached hydrogens (tertiary/aromatic N) is 2. The third-order valence-corrected chi connectivity index (χ3v) is 5.63. The van der Waals surface area contributed by atoms with Gasteiger partial charge in [0.25, 0.3) is 0 Å². The maximum Gasteiger partial charge on any atom is 0.150 e. The highest BCUT2D eigenvalue weighted by Crippen LogP contribution is 2.39. The molecule has 21 heavy (non-hydrogen) atoms. The van der Waals surface area contributed by atoms with Gasteiger partial charge in [0.1, 0.15) is 0 Å². The van der Waals surface area contributed by atoms with Gasteiger partial charge >= 0.3 is 0 Å². The molecule has 0 spiro atoms. The van der Waals surface area contributed by atoms with Crippen molar-refractivity contribution in [3.05, 3.63) is 28.2 Å². The average Bonchev–Trinajstić information content (AvgIpc) is 3.12. The van der Waals surface area contributed by atoms with Gasteiger partial charge in [0, 0.05) is 22.1 Å².